The van der Waals surface area contributed by atoms with E-state index in [1.54, 1.807) is 24.3 Å². The molecule has 0 aliphatic carbocycles. The Labute approximate surface area is 120 Å². The summed E-state index contributed by atoms with van der Waals surface area (Å²) >= 11 is 6.33. The van der Waals surface area contributed by atoms with E-state index in [4.69, 9.17) is 10.00 Å². The zero-order valence-corrected chi connectivity index (χ0v) is 12.1. The van der Waals surface area contributed by atoms with Gasteiger partial charge in [0.1, 0.15) is 11.8 Å². The molecule has 0 aliphatic rings. The van der Waals surface area contributed by atoms with E-state index in [0.29, 0.717) is 5.75 Å². The van der Waals surface area contributed by atoms with Crippen molar-refractivity contribution < 1.29 is 9.13 Å². The molecule has 0 radical (unpaired) electrons. The summed E-state index contributed by atoms with van der Waals surface area (Å²) in [5.74, 6) is 0.00822. The summed E-state index contributed by atoms with van der Waals surface area (Å²) < 4.78 is 20.3. The molecule has 0 heterocycles. The van der Waals surface area contributed by atoms with E-state index >= 15 is 0 Å². The van der Waals surface area contributed by atoms with Crippen molar-refractivity contribution in [3.8, 4) is 17.6 Å². The Balaban J connectivity index is 2.33. The number of ether oxygens (including phenoxy) is 1. The first-order valence-corrected chi connectivity index (χ1v) is 6.52. The average molecular weight is 371 g/mol. The lowest BCUT2D eigenvalue weighted by Gasteiger charge is -2.08. The van der Waals surface area contributed by atoms with E-state index in [9.17, 15) is 4.39 Å². The van der Waals surface area contributed by atoms with Gasteiger partial charge in [-0.3, -0.25) is 0 Å². The molecule has 2 aromatic rings. The van der Waals surface area contributed by atoms with Gasteiger partial charge >= 0.3 is 0 Å². The normalized spacial score (nSPS) is 9.89. The molecule has 0 saturated heterocycles. The number of hydrogen-bond donors (Lipinski definition) is 0. The minimum Gasteiger partial charge on any atom is -0.454 e. The Kier molecular flexibility index (Phi) is 4.00. The molecule has 2 nitrogen and oxygen atoms in total. The molecule has 0 fully saturated rings. The molecule has 18 heavy (non-hydrogen) atoms. The van der Waals surface area contributed by atoms with E-state index in [1.165, 1.54) is 12.1 Å². The van der Waals surface area contributed by atoms with Gasteiger partial charge in [0.2, 0.25) is 0 Å². The van der Waals surface area contributed by atoms with Crippen LogP contribution in [0, 0.1) is 17.1 Å². The van der Waals surface area contributed by atoms with Crippen molar-refractivity contribution in [1.29, 1.82) is 5.26 Å². The highest BCUT2D eigenvalue weighted by molar-refractivity contribution is 9.10. The van der Waals surface area contributed by atoms with Crippen molar-refractivity contribution in [2.45, 2.75) is 0 Å². The first-order chi connectivity index (χ1) is 8.61. The number of rotatable bonds is 2. The van der Waals surface area contributed by atoms with Gasteiger partial charge in [-0.15, -0.1) is 0 Å². The Bertz CT molecular complexity index is 620. The first kappa shape index (κ1) is 13.1. The molecular formula is C13H6Br2FNO. The maximum Gasteiger partial charge on any atom is 0.181 e. The van der Waals surface area contributed by atoms with Crippen molar-refractivity contribution in [2.24, 2.45) is 0 Å². The van der Waals surface area contributed by atoms with E-state index in [-0.39, 0.29) is 15.8 Å². The van der Waals surface area contributed by atoms with Gasteiger partial charge in [-0.1, -0.05) is 15.9 Å². The smallest absolute Gasteiger partial charge is 0.181 e. The van der Waals surface area contributed by atoms with Gasteiger partial charge in [0.15, 0.2) is 11.6 Å². The molecule has 0 bridgehead atoms. The van der Waals surface area contributed by atoms with Gasteiger partial charge in [0.05, 0.1) is 10.0 Å². The zero-order valence-electron chi connectivity index (χ0n) is 8.95. The number of nitriles is 1. The lowest BCUT2D eigenvalue weighted by atomic mass is 10.2. The topological polar surface area (TPSA) is 33.0 Å². The highest BCUT2D eigenvalue weighted by Gasteiger charge is 2.12. The van der Waals surface area contributed by atoms with Crippen LogP contribution >= 0.6 is 31.9 Å². The van der Waals surface area contributed by atoms with E-state index in [0.717, 1.165) is 4.47 Å². The largest absolute Gasteiger partial charge is 0.454 e. The number of hydrogen-bond acceptors (Lipinski definition) is 2. The fraction of sp³-hybridized carbons (Fsp3) is 0. The van der Waals surface area contributed by atoms with Gasteiger partial charge in [-0.25, -0.2) is 4.39 Å². The van der Waals surface area contributed by atoms with Crippen LogP contribution in [0.2, 0.25) is 0 Å². The molecule has 5 heteroatoms. The van der Waals surface area contributed by atoms with Crippen molar-refractivity contribution in [1.82, 2.24) is 0 Å². The van der Waals surface area contributed by atoms with Crippen molar-refractivity contribution in [3.63, 3.8) is 0 Å². The molecule has 0 saturated carbocycles. The van der Waals surface area contributed by atoms with Crippen molar-refractivity contribution >= 4 is 31.9 Å². The third-order valence-corrected chi connectivity index (χ3v) is 3.51. The van der Waals surface area contributed by atoms with Crippen LogP contribution in [0.4, 0.5) is 4.39 Å². The van der Waals surface area contributed by atoms with Gasteiger partial charge in [-0.05, 0) is 52.3 Å². The van der Waals surface area contributed by atoms with Gasteiger partial charge in [0, 0.05) is 4.47 Å². The van der Waals surface area contributed by atoms with Crippen LogP contribution in [0.3, 0.4) is 0 Å². The van der Waals surface area contributed by atoms with Crippen LogP contribution < -0.4 is 4.74 Å². The number of benzene rings is 2. The monoisotopic (exact) mass is 369 g/mol. The summed E-state index contributed by atoms with van der Waals surface area (Å²) in [5.41, 5.74) is 0.232. The van der Waals surface area contributed by atoms with Crippen LogP contribution in [0.25, 0.3) is 0 Å². The van der Waals surface area contributed by atoms with Crippen LogP contribution in [0.5, 0.6) is 11.5 Å². The van der Waals surface area contributed by atoms with Crippen LogP contribution in [0.15, 0.2) is 45.3 Å². The lowest BCUT2D eigenvalue weighted by molar-refractivity contribution is 0.440. The average Bonchev–Trinajstić information content (AvgIpc) is 2.38. The predicted octanol–water partition coefficient (Wildman–Crippen LogP) is 5.01. The maximum absolute atomic E-state index is 13.9. The van der Waals surface area contributed by atoms with Crippen molar-refractivity contribution in [2.75, 3.05) is 0 Å². The summed E-state index contributed by atoms with van der Waals surface area (Å²) in [7, 11) is 0. The SMILES string of the molecule is N#Cc1ccc(Oc2ccc(Br)cc2)c(F)c1Br. The fourth-order valence-corrected chi connectivity index (χ4v) is 2.01. The zero-order chi connectivity index (χ0) is 13.1. The molecule has 0 spiro atoms. The van der Waals surface area contributed by atoms with Gasteiger partial charge in [-0.2, -0.15) is 5.26 Å². The third kappa shape index (κ3) is 2.71. The highest BCUT2D eigenvalue weighted by atomic mass is 79.9. The Morgan fingerprint density at radius 1 is 1.06 bits per heavy atom. The van der Waals surface area contributed by atoms with Crippen LogP contribution in [0.1, 0.15) is 5.56 Å². The minimum atomic E-state index is -0.586. The molecular weight excluding hydrogens is 365 g/mol. The number of halogens is 3. The summed E-state index contributed by atoms with van der Waals surface area (Å²) in [4.78, 5) is 0. The summed E-state index contributed by atoms with van der Waals surface area (Å²) in [5, 5.41) is 8.76. The Hall–Kier alpha value is -1.38. The van der Waals surface area contributed by atoms with Gasteiger partial charge in [0.25, 0.3) is 0 Å². The molecule has 0 atom stereocenters. The Morgan fingerprint density at radius 2 is 1.72 bits per heavy atom. The second-order valence-corrected chi connectivity index (χ2v) is 5.12. The van der Waals surface area contributed by atoms with Gasteiger partial charge < -0.3 is 4.74 Å². The quantitative estimate of drug-likeness (QED) is 0.743. The third-order valence-electron chi connectivity index (χ3n) is 2.21. The first-order valence-electron chi connectivity index (χ1n) is 4.93. The Morgan fingerprint density at radius 3 is 2.33 bits per heavy atom. The summed E-state index contributed by atoms with van der Waals surface area (Å²) in [6, 6.07) is 11.8. The van der Waals surface area contributed by atoms with Crippen molar-refractivity contribution in [3.05, 3.63) is 56.7 Å². The molecule has 90 valence electrons. The maximum atomic E-state index is 13.9. The van der Waals surface area contributed by atoms with E-state index < -0.39 is 5.82 Å². The summed E-state index contributed by atoms with van der Waals surface area (Å²) in [6.45, 7) is 0. The molecule has 0 amide bonds. The summed E-state index contributed by atoms with van der Waals surface area (Å²) in [6.07, 6.45) is 0. The second-order valence-electron chi connectivity index (χ2n) is 3.41. The number of nitrogens with zero attached hydrogens (tertiary/aromatic N) is 1. The lowest BCUT2D eigenvalue weighted by Crippen LogP contribution is -1.91. The standard InChI is InChI=1S/C13H6Br2FNO/c14-9-2-4-10(5-3-9)18-11-6-1-8(7-17)12(15)13(11)16/h1-6H. The molecule has 0 unspecified atom stereocenters. The molecule has 0 aliphatic heterocycles. The molecule has 2 aromatic carbocycles. The molecule has 0 aromatic heterocycles. The molecule has 2 rings (SSSR count). The highest BCUT2D eigenvalue weighted by Crippen LogP contribution is 2.31. The second kappa shape index (κ2) is 5.51. The van der Waals surface area contributed by atoms with Crippen LogP contribution in [-0.2, 0) is 0 Å². The van der Waals surface area contributed by atoms with E-state index in [2.05, 4.69) is 31.9 Å². The predicted molar refractivity (Wildman–Crippen MR) is 73.0 cm³/mol. The van der Waals surface area contributed by atoms with Crippen LogP contribution in [-0.4, -0.2) is 0 Å². The minimum absolute atomic E-state index is 0.0724. The van der Waals surface area contributed by atoms with E-state index in [1.807, 2.05) is 6.07 Å². The molecule has 0 N–H and O–H groups in total. The fourth-order valence-electron chi connectivity index (χ4n) is 1.33.